The zero-order chi connectivity index (χ0) is 24.1. The number of nitrogens with zero attached hydrogens (tertiary/aromatic N) is 6. The molecule has 182 valence electrons. The molecule has 2 saturated heterocycles. The predicted molar refractivity (Wildman–Crippen MR) is 132 cm³/mol. The summed E-state index contributed by atoms with van der Waals surface area (Å²) in [6, 6.07) is 5.62. The Bertz CT molecular complexity index is 1420. The van der Waals surface area contributed by atoms with Crippen LogP contribution in [0.25, 0.3) is 16.6 Å². The summed E-state index contributed by atoms with van der Waals surface area (Å²) in [6.45, 7) is 7.25. The van der Waals surface area contributed by atoms with Crippen LogP contribution in [-0.2, 0) is 11.8 Å². The number of benzene rings is 1. The minimum absolute atomic E-state index is 0.234. The fourth-order valence-corrected chi connectivity index (χ4v) is 5.31. The van der Waals surface area contributed by atoms with Crippen LogP contribution in [0.2, 0.25) is 0 Å². The maximum absolute atomic E-state index is 14.5. The zero-order valence-corrected chi connectivity index (χ0v) is 19.9. The van der Waals surface area contributed by atoms with Crippen LogP contribution in [0.3, 0.4) is 0 Å². The second kappa shape index (κ2) is 8.62. The third kappa shape index (κ3) is 4.02. The monoisotopic (exact) mass is 477 g/mol. The van der Waals surface area contributed by atoms with E-state index in [1.54, 1.807) is 28.4 Å². The van der Waals surface area contributed by atoms with Gasteiger partial charge in [0.25, 0.3) is 5.91 Å². The number of rotatable bonds is 4. The molecule has 6 rings (SSSR count). The molecular weight excluding hydrogens is 449 g/mol. The molecule has 0 aliphatic carbocycles. The summed E-state index contributed by atoms with van der Waals surface area (Å²) in [5.41, 5.74) is 3.47. The summed E-state index contributed by atoms with van der Waals surface area (Å²) in [5.74, 6) is -0.818. The van der Waals surface area contributed by atoms with E-state index < -0.39 is 5.82 Å². The highest BCUT2D eigenvalue weighted by molar-refractivity contribution is 6.13. The van der Waals surface area contributed by atoms with Crippen molar-refractivity contribution in [2.45, 2.75) is 19.4 Å². The third-order valence-electron chi connectivity index (χ3n) is 6.96. The Morgan fingerprint density at radius 3 is 2.83 bits per heavy atom. The maximum Gasteiger partial charge on any atom is 0.257 e. The molecule has 0 radical (unpaired) electrons. The van der Waals surface area contributed by atoms with E-state index in [2.05, 4.69) is 25.2 Å². The van der Waals surface area contributed by atoms with Gasteiger partial charge in [-0.25, -0.2) is 9.37 Å². The van der Waals surface area contributed by atoms with Crippen LogP contribution in [0, 0.1) is 12.7 Å². The fraction of sp³-hybridized carbons (Fsp3) is 0.400. The average Bonchev–Trinajstić information content (AvgIpc) is 3.56. The van der Waals surface area contributed by atoms with E-state index in [0.717, 1.165) is 56.9 Å². The lowest BCUT2D eigenvalue weighted by atomic mass is 10.1. The first kappa shape index (κ1) is 22.0. The van der Waals surface area contributed by atoms with Crippen LogP contribution < -0.4 is 10.2 Å². The van der Waals surface area contributed by atoms with E-state index in [0.29, 0.717) is 28.5 Å². The number of nitrogens with one attached hydrogen (secondary N) is 1. The number of halogens is 1. The smallest absolute Gasteiger partial charge is 0.257 e. The van der Waals surface area contributed by atoms with Gasteiger partial charge in [0.05, 0.1) is 30.2 Å². The number of fused-ring (bicyclic) bond motifs is 2. The van der Waals surface area contributed by atoms with Crippen LogP contribution >= 0.6 is 0 Å². The van der Waals surface area contributed by atoms with Gasteiger partial charge in [0.1, 0.15) is 5.52 Å². The minimum atomic E-state index is -0.488. The Hall–Kier alpha value is -3.50. The van der Waals surface area contributed by atoms with Gasteiger partial charge in [-0.15, -0.1) is 0 Å². The number of aromatic nitrogens is 4. The number of aryl methyl sites for hydroxylation is 2. The molecule has 0 spiro atoms. The first-order valence-electron chi connectivity index (χ1n) is 12.0. The average molecular weight is 478 g/mol. The molecule has 5 heterocycles. The van der Waals surface area contributed by atoms with Gasteiger partial charge in [0.2, 0.25) is 0 Å². The molecule has 2 aliphatic heterocycles. The van der Waals surface area contributed by atoms with Gasteiger partial charge in [0, 0.05) is 75.0 Å². The first-order valence-corrected chi connectivity index (χ1v) is 12.0. The van der Waals surface area contributed by atoms with E-state index >= 15 is 0 Å². The van der Waals surface area contributed by atoms with Gasteiger partial charge in [-0.1, -0.05) is 0 Å². The highest BCUT2D eigenvalue weighted by Crippen LogP contribution is 2.32. The largest absolute Gasteiger partial charge is 0.379 e. The lowest BCUT2D eigenvalue weighted by Gasteiger charge is -2.32. The number of amides is 1. The summed E-state index contributed by atoms with van der Waals surface area (Å²) in [5, 5.41) is 8.37. The van der Waals surface area contributed by atoms with Crippen molar-refractivity contribution in [2.75, 3.05) is 49.6 Å². The molecule has 9 nitrogen and oxygen atoms in total. The van der Waals surface area contributed by atoms with E-state index in [1.165, 1.54) is 6.07 Å². The molecule has 0 saturated carbocycles. The SMILES string of the molecule is Cc1cn2cc(NC(=O)c3ccc(N4CC[C@@H](N5CCOCC5)C4)c4cn(C)nc34)cc(F)c2n1. The first-order chi connectivity index (χ1) is 17.0. The molecule has 0 bridgehead atoms. The molecule has 2 aliphatic rings. The highest BCUT2D eigenvalue weighted by Gasteiger charge is 2.30. The summed E-state index contributed by atoms with van der Waals surface area (Å²) in [4.78, 5) is 22.3. The quantitative estimate of drug-likeness (QED) is 0.487. The lowest BCUT2D eigenvalue weighted by molar-refractivity contribution is 0.0209. The van der Waals surface area contributed by atoms with Crippen LogP contribution in [0.15, 0.2) is 36.8 Å². The lowest BCUT2D eigenvalue weighted by Crippen LogP contribution is -2.44. The minimum Gasteiger partial charge on any atom is -0.379 e. The topological polar surface area (TPSA) is 79.9 Å². The number of hydrogen-bond acceptors (Lipinski definition) is 6. The van der Waals surface area contributed by atoms with Crippen molar-refractivity contribution in [1.82, 2.24) is 24.1 Å². The van der Waals surface area contributed by atoms with Crippen molar-refractivity contribution >= 4 is 33.8 Å². The number of hydrogen-bond donors (Lipinski definition) is 1. The number of pyridine rings is 1. The second-order valence-electron chi connectivity index (χ2n) is 9.38. The molecule has 1 aromatic carbocycles. The normalized spacial score (nSPS) is 19.2. The van der Waals surface area contributed by atoms with Crippen molar-refractivity contribution in [3.63, 3.8) is 0 Å². The Morgan fingerprint density at radius 2 is 2.00 bits per heavy atom. The molecule has 1 amide bonds. The number of ether oxygens (including phenoxy) is 1. The van der Waals surface area contributed by atoms with Crippen LogP contribution in [0.5, 0.6) is 0 Å². The molecule has 10 heteroatoms. The van der Waals surface area contributed by atoms with Crippen molar-refractivity contribution in [3.8, 4) is 0 Å². The number of carbonyl (C=O) groups excluding carboxylic acids is 1. The number of anilines is 2. The molecule has 0 unspecified atom stereocenters. The van der Waals surface area contributed by atoms with Crippen LogP contribution in [0.4, 0.5) is 15.8 Å². The van der Waals surface area contributed by atoms with E-state index in [4.69, 9.17) is 4.74 Å². The third-order valence-corrected chi connectivity index (χ3v) is 6.96. The molecule has 1 N–H and O–H groups in total. The predicted octanol–water partition coefficient (Wildman–Crippen LogP) is 2.83. The summed E-state index contributed by atoms with van der Waals surface area (Å²) in [6.07, 6.45) is 6.45. The fourth-order valence-electron chi connectivity index (χ4n) is 5.31. The van der Waals surface area contributed by atoms with Crippen LogP contribution in [0.1, 0.15) is 22.5 Å². The van der Waals surface area contributed by atoms with E-state index in [-0.39, 0.29) is 11.6 Å². The zero-order valence-electron chi connectivity index (χ0n) is 19.9. The van der Waals surface area contributed by atoms with E-state index in [1.807, 2.05) is 25.4 Å². The Morgan fingerprint density at radius 1 is 1.17 bits per heavy atom. The van der Waals surface area contributed by atoms with Crippen molar-refractivity contribution in [1.29, 1.82) is 0 Å². The molecule has 3 aromatic heterocycles. The van der Waals surface area contributed by atoms with Crippen molar-refractivity contribution in [3.05, 3.63) is 53.9 Å². The molecule has 35 heavy (non-hydrogen) atoms. The van der Waals surface area contributed by atoms with Crippen LogP contribution in [-0.4, -0.2) is 75.4 Å². The molecule has 2 fully saturated rings. The van der Waals surface area contributed by atoms with Gasteiger partial charge < -0.3 is 19.4 Å². The van der Waals surface area contributed by atoms with E-state index in [9.17, 15) is 9.18 Å². The van der Waals surface area contributed by atoms with Crippen molar-refractivity contribution in [2.24, 2.45) is 7.05 Å². The summed E-state index contributed by atoms with van der Waals surface area (Å²) >= 11 is 0. The van der Waals surface area contributed by atoms with Gasteiger partial charge in [0.15, 0.2) is 11.5 Å². The Balaban J connectivity index is 1.27. The Kier molecular flexibility index (Phi) is 5.42. The molecule has 4 aromatic rings. The van der Waals surface area contributed by atoms with Gasteiger partial charge in [-0.05, 0) is 25.5 Å². The molecular formula is C25H28FN7O2. The second-order valence-corrected chi connectivity index (χ2v) is 9.38. The molecule has 1 atom stereocenters. The van der Waals surface area contributed by atoms with Gasteiger partial charge in [-0.2, -0.15) is 5.10 Å². The van der Waals surface area contributed by atoms with Crippen molar-refractivity contribution < 1.29 is 13.9 Å². The summed E-state index contributed by atoms with van der Waals surface area (Å²) < 4.78 is 23.3. The van der Waals surface area contributed by atoms with Gasteiger partial charge in [-0.3, -0.25) is 14.4 Å². The standard InChI is InChI=1S/C25H28FN7O2/c1-16-12-33-13-17(11-21(26)24(33)27-16)28-25(34)19-3-4-22(20-15-30(2)29-23(19)20)32-6-5-18(14-32)31-7-9-35-10-8-31/h3-4,11-13,15,18H,5-10,14H2,1-2H3,(H,28,34)/t18-/m1/s1. The highest BCUT2D eigenvalue weighted by atomic mass is 19.1. The summed E-state index contributed by atoms with van der Waals surface area (Å²) in [7, 11) is 1.86. The maximum atomic E-state index is 14.5. The Labute approximate surface area is 202 Å². The number of carbonyl (C=O) groups is 1. The van der Waals surface area contributed by atoms with Gasteiger partial charge >= 0.3 is 0 Å². The number of morpholine rings is 1. The number of imidazole rings is 1.